The molecule has 72 valence electrons. The van der Waals surface area contributed by atoms with Crippen molar-refractivity contribution in [3.8, 4) is 0 Å². The van der Waals surface area contributed by atoms with Crippen LogP contribution >= 0.6 is 12.4 Å². The second-order valence-electron chi connectivity index (χ2n) is 2.49. The van der Waals surface area contributed by atoms with Gasteiger partial charge in [-0.25, -0.2) is 0 Å². The molecule has 0 radical (unpaired) electrons. The quantitative estimate of drug-likeness (QED) is 0.705. The van der Waals surface area contributed by atoms with Gasteiger partial charge < -0.3 is 10.4 Å². The summed E-state index contributed by atoms with van der Waals surface area (Å²) in [5.74, 6) is -0.531. The molecule has 0 saturated carbocycles. The molecule has 0 aromatic carbocycles. The summed E-state index contributed by atoms with van der Waals surface area (Å²) in [6.45, 7) is 0.720. The second-order valence-corrected chi connectivity index (χ2v) is 2.49. The molecule has 0 unspecified atom stereocenters. The molecule has 0 saturated heterocycles. The largest absolute Gasteiger partial charge is 0.504 e. The number of aliphatic hydroxyl groups is 1. The van der Waals surface area contributed by atoms with Crippen LogP contribution in [0.5, 0.6) is 0 Å². The van der Waals surface area contributed by atoms with Crippen molar-refractivity contribution in [3.05, 3.63) is 35.6 Å². The highest BCUT2D eigenvalue weighted by Gasteiger charge is 2.07. The Bertz CT molecular complexity index is 279. The summed E-state index contributed by atoms with van der Waals surface area (Å²) in [5, 5.41) is 12.0. The maximum Gasteiger partial charge on any atom is 0.220 e. The van der Waals surface area contributed by atoms with Gasteiger partial charge in [0.2, 0.25) is 5.78 Å². The number of allylic oxidation sites excluding steroid dienone is 4. The van der Waals surface area contributed by atoms with Crippen LogP contribution in [0.2, 0.25) is 0 Å². The van der Waals surface area contributed by atoms with Crippen molar-refractivity contribution in [1.82, 2.24) is 5.32 Å². The van der Waals surface area contributed by atoms with Crippen LogP contribution in [-0.4, -0.2) is 24.5 Å². The van der Waals surface area contributed by atoms with Gasteiger partial charge in [-0.2, -0.15) is 0 Å². The maximum absolute atomic E-state index is 10.8. The molecule has 0 aromatic rings. The zero-order valence-electron chi connectivity index (χ0n) is 7.28. The summed E-state index contributed by atoms with van der Waals surface area (Å²) in [5.41, 5.74) is 0.849. The molecule has 13 heavy (non-hydrogen) atoms. The van der Waals surface area contributed by atoms with Gasteiger partial charge in [0.1, 0.15) is 0 Å². The van der Waals surface area contributed by atoms with E-state index < -0.39 is 0 Å². The molecular weight excluding hydrogens is 190 g/mol. The van der Waals surface area contributed by atoms with Gasteiger partial charge in [0.25, 0.3) is 0 Å². The fraction of sp³-hybridized carbons (Fsp3) is 0.222. The zero-order valence-corrected chi connectivity index (χ0v) is 8.10. The Morgan fingerprint density at radius 3 is 2.77 bits per heavy atom. The van der Waals surface area contributed by atoms with E-state index in [1.165, 1.54) is 12.2 Å². The first kappa shape index (κ1) is 11.9. The molecule has 2 N–H and O–H groups in total. The molecule has 0 heterocycles. The van der Waals surface area contributed by atoms with Crippen LogP contribution in [-0.2, 0) is 4.79 Å². The lowest BCUT2D eigenvalue weighted by Crippen LogP contribution is -2.06. The Morgan fingerprint density at radius 1 is 1.54 bits per heavy atom. The highest BCUT2D eigenvalue weighted by atomic mass is 35.5. The first-order chi connectivity index (χ1) is 5.74. The highest BCUT2D eigenvalue weighted by molar-refractivity contribution is 6.04. The molecule has 1 aliphatic carbocycles. The Kier molecular flexibility index (Phi) is 5.11. The van der Waals surface area contributed by atoms with Gasteiger partial charge in [0.05, 0.1) is 0 Å². The third kappa shape index (κ3) is 3.44. The maximum atomic E-state index is 10.8. The summed E-state index contributed by atoms with van der Waals surface area (Å²) in [6, 6.07) is 0. The first-order valence-electron chi connectivity index (χ1n) is 3.72. The summed E-state index contributed by atoms with van der Waals surface area (Å²) in [6.07, 6.45) is 6.38. The molecule has 0 amide bonds. The standard InChI is InChI=1S/C9H11NO2.ClH/c1-10-5-4-7-2-3-8(11)9(12)6-7;/h2-4,6,10,12H,5H2,1H3;1H/b7-4+;. The van der Waals surface area contributed by atoms with E-state index in [0.717, 1.165) is 12.1 Å². The molecule has 3 nitrogen and oxygen atoms in total. The second kappa shape index (κ2) is 5.56. The van der Waals surface area contributed by atoms with Gasteiger partial charge in [0.15, 0.2) is 5.76 Å². The topological polar surface area (TPSA) is 49.3 Å². The van der Waals surface area contributed by atoms with E-state index in [-0.39, 0.29) is 23.9 Å². The van der Waals surface area contributed by atoms with Crippen molar-refractivity contribution in [2.45, 2.75) is 0 Å². The molecule has 0 bridgehead atoms. The molecular formula is C9H12ClNO2. The summed E-state index contributed by atoms with van der Waals surface area (Å²) >= 11 is 0. The van der Waals surface area contributed by atoms with Crippen molar-refractivity contribution in [1.29, 1.82) is 0 Å². The number of likely N-dealkylation sites (N-methyl/N-ethyl adjacent to an activating group) is 1. The fourth-order valence-electron chi connectivity index (χ4n) is 0.881. The van der Waals surface area contributed by atoms with E-state index in [0.29, 0.717) is 0 Å². The van der Waals surface area contributed by atoms with Gasteiger partial charge in [0, 0.05) is 6.54 Å². The average molecular weight is 202 g/mol. The minimum Gasteiger partial charge on any atom is -0.504 e. The van der Waals surface area contributed by atoms with Crippen molar-refractivity contribution in [3.63, 3.8) is 0 Å². The van der Waals surface area contributed by atoms with Crippen LogP contribution < -0.4 is 5.32 Å². The average Bonchev–Trinajstić information content (AvgIpc) is 2.07. The molecule has 0 aliphatic heterocycles. The third-order valence-corrected chi connectivity index (χ3v) is 1.52. The van der Waals surface area contributed by atoms with Crippen molar-refractivity contribution in [2.24, 2.45) is 0 Å². The Labute approximate surface area is 83.2 Å². The fourth-order valence-corrected chi connectivity index (χ4v) is 0.881. The molecule has 0 spiro atoms. The first-order valence-corrected chi connectivity index (χ1v) is 3.72. The van der Waals surface area contributed by atoms with E-state index in [1.807, 2.05) is 13.1 Å². The smallest absolute Gasteiger partial charge is 0.220 e. The minimum atomic E-state index is -0.336. The van der Waals surface area contributed by atoms with Gasteiger partial charge in [-0.1, -0.05) is 12.2 Å². The highest BCUT2D eigenvalue weighted by Crippen LogP contribution is 2.09. The van der Waals surface area contributed by atoms with Crippen molar-refractivity contribution < 1.29 is 9.90 Å². The van der Waals surface area contributed by atoms with Crippen LogP contribution in [0.1, 0.15) is 0 Å². The molecule has 0 atom stereocenters. The Hall–Kier alpha value is -1.06. The van der Waals surface area contributed by atoms with Crippen LogP contribution in [0.3, 0.4) is 0 Å². The van der Waals surface area contributed by atoms with Gasteiger partial charge in [-0.15, -0.1) is 12.4 Å². The zero-order chi connectivity index (χ0) is 8.97. The molecule has 0 fully saturated rings. The van der Waals surface area contributed by atoms with Crippen molar-refractivity contribution >= 4 is 18.2 Å². The van der Waals surface area contributed by atoms with Crippen LogP contribution in [0.15, 0.2) is 35.6 Å². The van der Waals surface area contributed by atoms with E-state index in [9.17, 15) is 4.79 Å². The predicted molar refractivity (Wildman–Crippen MR) is 54.1 cm³/mol. The number of rotatable bonds is 2. The van der Waals surface area contributed by atoms with Crippen LogP contribution in [0.4, 0.5) is 0 Å². The number of halogens is 1. The van der Waals surface area contributed by atoms with Crippen LogP contribution in [0.25, 0.3) is 0 Å². The lowest BCUT2D eigenvalue weighted by Gasteiger charge is -2.02. The number of hydrogen-bond acceptors (Lipinski definition) is 3. The Balaban J connectivity index is 0.00000144. The normalized spacial score (nSPS) is 18.4. The van der Waals surface area contributed by atoms with Gasteiger partial charge in [-0.05, 0) is 24.8 Å². The van der Waals surface area contributed by atoms with Gasteiger partial charge >= 0.3 is 0 Å². The van der Waals surface area contributed by atoms with Crippen molar-refractivity contribution in [2.75, 3.05) is 13.6 Å². The number of ketones is 1. The number of hydrogen-bond donors (Lipinski definition) is 2. The van der Waals surface area contributed by atoms with E-state index in [2.05, 4.69) is 5.32 Å². The Morgan fingerprint density at radius 2 is 2.23 bits per heavy atom. The summed E-state index contributed by atoms with van der Waals surface area (Å²) < 4.78 is 0. The minimum absolute atomic E-state index is 0. The summed E-state index contributed by atoms with van der Waals surface area (Å²) in [7, 11) is 1.83. The number of aliphatic hydroxyl groups excluding tert-OH is 1. The summed E-state index contributed by atoms with van der Waals surface area (Å²) in [4.78, 5) is 10.8. The third-order valence-electron chi connectivity index (χ3n) is 1.52. The lowest BCUT2D eigenvalue weighted by molar-refractivity contribution is -0.113. The van der Waals surface area contributed by atoms with E-state index in [4.69, 9.17) is 5.11 Å². The van der Waals surface area contributed by atoms with Gasteiger partial charge in [-0.3, -0.25) is 4.79 Å². The molecule has 1 aliphatic rings. The lowest BCUT2D eigenvalue weighted by atomic mass is 10.1. The number of carbonyl (C=O) groups is 1. The van der Waals surface area contributed by atoms with E-state index in [1.54, 1.807) is 6.08 Å². The molecule has 0 aromatic heterocycles. The monoisotopic (exact) mass is 201 g/mol. The molecule has 1 rings (SSSR count). The van der Waals surface area contributed by atoms with E-state index >= 15 is 0 Å². The van der Waals surface area contributed by atoms with Crippen LogP contribution in [0, 0.1) is 0 Å². The predicted octanol–water partition coefficient (Wildman–Crippen LogP) is 1.13. The number of carbonyl (C=O) groups excluding carboxylic acids is 1. The SMILES string of the molecule is CNC/C=C1\C=CC(=O)C(O)=C1.Cl. The molecule has 4 heteroatoms. The number of nitrogens with one attached hydrogen (secondary N) is 1.